The number of carbonyl (C=O) groups is 2. The number of piperidine rings is 1. The van der Waals surface area contributed by atoms with Crippen LogP contribution in [0.15, 0.2) is 60.9 Å². The summed E-state index contributed by atoms with van der Waals surface area (Å²) in [6.07, 6.45) is 6.32. The molecule has 3 heterocycles. The maximum atomic E-state index is 12.4. The lowest BCUT2D eigenvalue weighted by Gasteiger charge is -2.22. The number of nitrogens with zero attached hydrogens (tertiary/aromatic N) is 2. The van der Waals surface area contributed by atoms with E-state index in [0.29, 0.717) is 24.6 Å². The number of carbonyl (C=O) groups excluding carboxylic acids is 2. The summed E-state index contributed by atoms with van der Waals surface area (Å²) in [4.78, 5) is 30.7. The van der Waals surface area contributed by atoms with E-state index in [4.69, 9.17) is 0 Å². The van der Waals surface area contributed by atoms with Gasteiger partial charge in [0.15, 0.2) is 0 Å². The van der Waals surface area contributed by atoms with Gasteiger partial charge in [-0.25, -0.2) is 4.98 Å². The smallest absolute Gasteiger partial charge is 0.293 e. The monoisotopic (exact) mass is 488 g/mol. The molecule has 0 saturated carbocycles. The zero-order valence-corrected chi connectivity index (χ0v) is 21.6. The van der Waals surface area contributed by atoms with Crippen LogP contribution >= 0.6 is 0 Å². The summed E-state index contributed by atoms with van der Waals surface area (Å²) in [5.41, 5.74) is 5.16. The predicted octanol–water partition coefficient (Wildman–Crippen LogP) is 5.06. The Balaban J connectivity index is 0.000000454. The predicted molar refractivity (Wildman–Crippen MR) is 143 cm³/mol. The second kappa shape index (κ2) is 12.9. The van der Waals surface area contributed by atoms with Crippen molar-refractivity contribution in [2.45, 2.75) is 58.5 Å². The molecular formula is C29H36N4O3. The Morgan fingerprint density at radius 3 is 2.33 bits per heavy atom. The fourth-order valence-corrected chi connectivity index (χ4v) is 3.93. The highest BCUT2D eigenvalue weighted by Crippen LogP contribution is 2.25. The minimum atomic E-state index is -0.318. The first kappa shape index (κ1) is 27.0. The number of hydrogen-bond donors (Lipinski definition) is 2. The van der Waals surface area contributed by atoms with Gasteiger partial charge >= 0.3 is 0 Å². The molecule has 7 heteroatoms. The van der Waals surface area contributed by atoms with Gasteiger partial charge in [-0.2, -0.15) is 0 Å². The quantitative estimate of drug-likeness (QED) is 0.471. The molecule has 0 spiro atoms. The molecule has 1 saturated heterocycles. The summed E-state index contributed by atoms with van der Waals surface area (Å²) >= 11 is 0. The number of anilines is 1. The molecular weight excluding hydrogens is 452 g/mol. The van der Waals surface area contributed by atoms with Crippen LogP contribution in [-0.4, -0.2) is 41.0 Å². The number of aryl methyl sites for hydroxylation is 1. The van der Waals surface area contributed by atoms with E-state index in [0.717, 1.165) is 48.3 Å². The molecule has 190 valence electrons. The number of amides is 1. The number of ether oxygens (including phenoxy) is 1. The zero-order valence-electron chi connectivity index (χ0n) is 21.6. The first-order valence-electron chi connectivity index (χ1n) is 12.3. The third-order valence-corrected chi connectivity index (χ3v) is 5.81. The highest BCUT2D eigenvalue weighted by atomic mass is 16.5. The van der Waals surface area contributed by atoms with Crippen molar-refractivity contribution >= 4 is 18.2 Å². The molecule has 2 aromatic heterocycles. The van der Waals surface area contributed by atoms with E-state index in [9.17, 15) is 9.59 Å². The summed E-state index contributed by atoms with van der Waals surface area (Å²) in [6, 6.07) is 16.1. The molecule has 1 aliphatic rings. The van der Waals surface area contributed by atoms with Crippen LogP contribution in [0.3, 0.4) is 0 Å². The summed E-state index contributed by atoms with van der Waals surface area (Å²) in [6.45, 7) is 10.0. The van der Waals surface area contributed by atoms with Gasteiger partial charge in [-0.15, -0.1) is 0 Å². The first-order valence-corrected chi connectivity index (χ1v) is 12.3. The van der Waals surface area contributed by atoms with E-state index in [1.807, 2.05) is 76.5 Å². The molecule has 3 aromatic rings. The van der Waals surface area contributed by atoms with Crippen LogP contribution < -0.4 is 10.6 Å². The summed E-state index contributed by atoms with van der Waals surface area (Å²) in [7, 11) is 0. The Kier molecular flexibility index (Phi) is 9.70. The highest BCUT2D eigenvalue weighted by Gasteiger charge is 2.15. The van der Waals surface area contributed by atoms with Crippen LogP contribution in [0.25, 0.3) is 11.1 Å². The molecule has 0 unspecified atom stereocenters. The number of aromatic nitrogens is 2. The summed E-state index contributed by atoms with van der Waals surface area (Å²) < 4.78 is 4.55. The molecule has 0 radical (unpaired) electrons. The van der Waals surface area contributed by atoms with Crippen molar-refractivity contribution in [1.29, 1.82) is 0 Å². The van der Waals surface area contributed by atoms with Crippen molar-refractivity contribution in [1.82, 2.24) is 15.3 Å². The average molecular weight is 489 g/mol. The van der Waals surface area contributed by atoms with Gasteiger partial charge in [0, 0.05) is 18.1 Å². The van der Waals surface area contributed by atoms with Gasteiger partial charge in [0.05, 0.1) is 6.42 Å². The number of pyridine rings is 2. The van der Waals surface area contributed by atoms with E-state index in [1.54, 1.807) is 0 Å². The molecule has 2 N–H and O–H groups in total. The van der Waals surface area contributed by atoms with Crippen molar-refractivity contribution in [2.75, 3.05) is 18.4 Å². The van der Waals surface area contributed by atoms with Crippen molar-refractivity contribution in [3.63, 3.8) is 0 Å². The van der Waals surface area contributed by atoms with E-state index >= 15 is 0 Å². The Morgan fingerprint density at radius 1 is 1.06 bits per heavy atom. The van der Waals surface area contributed by atoms with Gasteiger partial charge in [0.2, 0.25) is 5.91 Å². The van der Waals surface area contributed by atoms with E-state index in [2.05, 4.69) is 37.5 Å². The van der Waals surface area contributed by atoms with Gasteiger partial charge in [-0.05, 0) is 100.0 Å². The van der Waals surface area contributed by atoms with Crippen LogP contribution in [0, 0.1) is 6.92 Å². The minimum Gasteiger partial charge on any atom is -0.462 e. The third kappa shape index (κ3) is 8.89. The maximum Gasteiger partial charge on any atom is 0.293 e. The van der Waals surface area contributed by atoms with Gasteiger partial charge in [-0.3, -0.25) is 14.6 Å². The topological polar surface area (TPSA) is 93.2 Å². The molecule has 4 rings (SSSR count). The Bertz CT molecular complexity index is 1120. The molecule has 1 amide bonds. The lowest BCUT2D eigenvalue weighted by molar-refractivity contribution is -0.138. The fraction of sp³-hybridized carbons (Fsp3) is 0.379. The van der Waals surface area contributed by atoms with Gasteiger partial charge < -0.3 is 15.4 Å². The molecule has 36 heavy (non-hydrogen) atoms. The molecule has 7 nitrogen and oxygen atoms in total. The lowest BCUT2D eigenvalue weighted by Crippen LogP contribution is -2.26. The van der Waals surface area contributed by atoms with Gasteiger partial charge in [0.25, 0.3) is 6.47 Å². The third-order valence-electron chi connectivity index (χ3n) is 5.81. The SMILES string of the molecule is CC(C)(C)OC=O.Cc1cc(-c2ccc(CC(=O)Nc3ccc(C4CCNCC4)cn3)cc2)ccn1. The van der Waals surface area contributed by atoms with Crippen LogP contribution in [0.5, 0.6) is 0 Å². The van der Waals surface area contributed by atoms with E-state index in [-0.39, 0.29) is 11.5 Å². The minimum absolute atomic E-state index is 0.0559. The van der Waals surface area contributed by atoms with Crippen molar-refractivity contribution < 1.29 is 14.3 Å². The number of rotatable bonds is 6. The number of nitrogens with one attached hydrogen (secondary N) is 2. The van der Waals surface area contributed by atoms with Crippen molar-refractivity contribution in [3.05, 3.63) is 77.7 Å². The second-order valence-electron chi connectivity index (χ2n) is 9.94. The Morgan fingerprint density at radius 2 is 1.78 bits per heavy atom. The van der Waals surface area contributed by atoms with E-state index < -0.39 is 0 Å². The fourth-order valence-electron chi connectivity index (χ4n) is 3.93. The lowest BCUT2D eigenvalue weighted by atomic mass is 9.91. The normalized spacial score (nSPS) is 13.8. The van der Waals surface area contributed by atoms with Crippen LogP contribution in [0.1, 0.15) is 56.4 Å². The first-order chi connectivity index (χ1) is 17.2. The van der Waals surface area contributed by atoms with Crippen LogP contribution in [0.2, 0.25) is 0 Å². The van der Waals surface area contributed by atoms with Gasteiger partial charge in [0.1, 0.15) is 11.4 Å². The Hall–Kier alpha value is -3.58. The standard InChI is InChI=1S/C24H26N4O.C5H10O2/c1-17-14-21(10-13-26-17)19-4-2-18(3-5-19)15-24(29)28-23-7-6-22(16-27-23)20-8-11-25-12-9-20;1-5(2,3)7-4-6/h2-7,10,13-14,16,20,25H,8-9,11-12,15H2,1H3,(H,27,28,29);4H,1-3H3. The van der Waals surface area contributed by atoms with E-state index in [1.165, 1.54) is 5.56 Å². The molecule has 1 aliphatic heterocycles. The molecule has 0 bridgehead atoms. The van der Waals surface area contributed by atoms with Crippen LogP contribution in [0.4, 0.5) is 5.82 Å². The maximum absolute atomic E-state index is 12.4. The van der Waals surface area contributed by atoms with Gasteiger partial charge in [-0.1, -0.05) is 30.3 Å². The number of hydrogen-bond acceptors (Lipinski definition) is 6. The molecule has 0 aliphatic carbocycles. The molecule has 1 fully saturated rings. The summed E-state index contributed by atoms with van der Waals surface area (Å²) in [5, 5.41) is 6.28. The molecule has 1 aromatic carbocycles. The molecule has 0 atom stereocenters. The summed E-state index contributed by atoms with van der Waals surface area (Å²) in [5.74, 6) is 1.12. The van der Waals surface area contributed by atoms with Crippen molar-refractivity contribution in [3.8, 4) is 11.1 Å². The van der Waals surface area contributed by atoms with Crippen LogP contribution in [-0.2, 0) is 20.7 Å². The second-order valence-corrected chi connectivity index (χ2v) is 9.94. The zero-order chi connectivity index (χ0) is 26.0. The van der Waals surface area contributed by atoms with Crippen molar-refractivity contribution in [2.24, 2.45) is 0 Å². The highest BCUT2D eigenvalue weighted by molar-refractivity contribution is 5.91. The number of benzene rings is 1. The largest absolute Gasteiger partial charge is 0.462 e. The Labute approximate surface area is 213 Å². The average Bonchev–Trinajstić information content (AvgIpc) is 2.85.